The molecule has 4 heterocycles. The van der Waals surface area contributed by atoms with Gasteiger partial charge in [0, 0.05) is 49.9 Å². The van der Waals surface area contributed by atoms with Crippen LogP contribution in [0.3, 0.4) is 0 Å². The summed E-state index contributed by atoms with van der Waals surface area (Å²) in [4.78, 5) is 24.6. The molecule has 1 aliphatic heterocycles. The monoisotopic (exact) mass is 458 g/mol. The molecule has 2 saturated carbocycles. The van der Waals surface area contributed by atoms with Crippen LogP contribution in [0.1, 0.15) is 36.0 Å². The van der Waals surface area contributed by atoms with E-state index in [2.05, 4.69) is 21.7 Å². The highest BCUT2D eigenvalue weighted by Gasteiger charge is 2.47. The fourth-order valence-electron chi connectivity index (χ4n) is 6.06. The van der Waals surface area contributed by atoms with Crippen LogP contribution in [-0.2, 0) is 13.6 Å². The largest absolute Gasteiger partial charge is 0.334 e. The Morgan fingerprint density at radius 3 is 2.79 bits per heavy atom. The summed E-state index contributed by atoms with van der Waals surface area (Å²) in [6.07, 6.45) is 6.22. The van der Waals surface area contributed by atoms with E-state index in [1.807, 2.05) is 23.9 Å². The van der Waals surface area contributed by atoms with Gasteiger partial charge in [-0.05, 0) is 61.8 Å². The Morgan fingerprint density at radius 1 is 1.21 bits per heavy atom. The second-order valence-electron chi connectivity index (χ2n) is 10.3. The van der Waals surface area contributed by atoms with Crippen LogP contribution in [-0.4, -0.2) is 48.5 Å². The molecule has 1 aromatic carbocycles. The number of fused-ring (bicyclic) bond motifs is 4. The molecule has 34 heavy (non-hydrogen) atoms. The summed E-state index contributed by atoms with van der Waals surface area (Å²) in [7, 11) is 1.90. The normalized spacial score (nSPS) is 24.1. The average molecular weight is 459 g/mol. The Hall–Kier alpha value is -3.26. The van der Waals surface area contributed by atoms with Crippen molar-refractivity contribution in [1.29, 1.82) is 0 Å². The molecular weight excluding hydrogens is 431 g/mol. The van der Waals surface area contributed by atoms with Gasteiger partial charge in [0.15, 0.2) is 5.82 Å². The lowest BCUT2D eigenvalue weighted by Crippen LogP contribution is -2.41. The molecule has 0 unspecified atom stereocenters. The van der Waals surface area contributed by atoms with E-state index >= 15 is 4.39 Å². The number of amides is 1. The highest BCUT2D eigenvalue weighted by atomic mass is 19.1. The molecule has 1 amide bonds. The molecule has 0 radical (unpaired) electrons. The average Bonchev–Trinajstić information content (AvgIpc) is 3.26. The zero-order valence-corrected chi connectivity index (χ0v) is 19.1. The number of likely N-dealkylation sites (tertiary alicyclic amines) is 1. The van der Waals surface area contributed by atoms with Gasteiger partial charge in [0.05, 0.1) is 22.3 Å². The number of nitrogens with two attached hydrogens (primary N) is 1. The highest BCUT2D eigenvalue weighted by Crippen LogP contribution is 2.39. The molecule has 7 rings (SSSR count). The summed E-state index contributed by atoms with van der Waals surface area (Å²) < 4.78 is 19.4. The molecule has 7 nitrogen and oxygen atoms in total. The Balaban J connectivity index is 1.33. The van der Waals surface area contributed by atoms with Crippen molar-refractivity contribution in [2.24, 2.45) is 24.6 Å². The first-order valence-electron chi connectivity index (χ1n) is 12.2. The Bertz CT molecular complexity index is 1470. The lowest BCUT2D eigenvalue weighted by molar-refractivity contribution is 0.0696. The Labute approximate surface area is 196 Å². The fourth-order valence-corrected chi connectivity index (χ4v) is 6.06. The van der Waals surface area contributed by atoms with Gasteiger partial charge in [-0.1, -0.05) is 0 Å². The number of pyridine rings is 1. The van der Waals surface area contributed by atoms with Crippen LogP contribution in [0, 0.1) is 17.7 Å². The van der Waals surface area contributed by atoms with E-state index in [0.29, 0.717) is 29.4 Å². The van der Waals surface area contributed by atoms with Gasteiger partial charge in [-0.15, -0.1) is 0 Å². The van der Waals surface area contributed by atoms with Gasteiger partial charge < -0.3 is 19.8 Å². The van der Waals surface area contributed by atoms with Gasteiger partial charge in [0.1, 0.15) is 11.5 Å². The Kier molecular flexibility index (Phi) is 4.22. The molecule has 1 saturated heterocycles. The third kappa shape index (κ3) is 2.87. The lowest BCUT2D eigenvalue weighted by Gasteiger charge is -2.27. The molecule has 2 N–H and O–H groups in total. The fraction of sp³-hybridized carbons (Fsp3) is 0.423. The van der Waals surface area contributed by atoms with Crippen LogP contribution in [0.5, 0.6) is 0 Å². The maximum atomic E-state index is 15.2. The second-order valence-corrected chi connectivity index (χ2v) is 10.3. The molecule has 8 heteroatoms. The molecular formula is C26H27FN6O. The first-order chi connectivity index (χ1) is 16.5. The molecule has 2 bridgehead atoms. The minimum atomic E-state index is -0.511. The van der Waals surface area contributed by atoms with Crippen molar-refractivity contribution in [1.82, 2.24) is 24.0 Å². The van der Waals surface area contributed by atoms with Crippen molar-refractivity contribution in [3.8, 4) is 11.5 Å². The van der Waals surface area contributed by atoms with E-state index in [9.17, 15) is 4.79 Å². The standard InChI is InChI=1S/C26H27FN6O/c1-31-21-11-18(27)17(26(34)33-13-16-6-7-20(33)23(16)28)10-19(21)30-25(31)22-9-15-3-2-8-29-24(15)32(22)12-14-4-5-14/h2-3,8-11,14,16,20,23H,4-7,12-13,28H2,1H3/t16-,20-,23-/m1/s1. The third-order valence-electron chi connectivity index (χ3n) is 8.14. The van der Waals surface area contributed by atoms with Crippen molar-refractivity contribution in [3.05, 3.63) is 47.9 Å². The van der Waals surface area contributed by atoms with Crippen LogP contribution in [0.15, 0.2) is 36.5 Å². The number of aromatic nitrogens is 4. The molecule has 0 spiro atoms. The van der Waals surface area contributed by atoms with Crippen LogP contribution in [0.4, 0.5) is 4.39 Å². The minimum absolute atomic E-state index is 0.000749. The maximum absolute atomic E-state index is 15.2. The number of hydrogen-bond donors (Lipinski definition) is 1. The van der Waals surface area contributed by atoms with Crippen molar-refractivity contribution in [3.63, 3.8) is 0 Å². The smallest absolute Gasteiger partial charge is 0.257 e. The number of hydrogen-bond acceptors (Lipinski definition) is 4. The summed E-state index contributed by atoms with van der Waals surface area (Å²) in [5.74, 6) is 0.948. The van der Waals surface area contributed by atoms with E-state index < -0.39 is 5.82 Å². The van der Waals surface area contributed by atoms with Crippen molar-refractivity contribution in [2.75, 3.05) is 6.54 Å². The highest BCUT2D eigenvalue weighted by molar-refractivity contribution is 5.99. The quantitative estimate of drug-likeness (QED) is 0.506. The topological polar surface area (TPSA) is 82.0 Å². The van der Waals surface area contributed by atoms with Crippen molar-refractivity contribution >= 4 is 28.0 Å². The molecule has 3 fully saturated rings. The number of piperidine rings is 1. The number of nitrogens with zero attached hydrogens (tertiary/aromatic N) is 5. The van der Waals surface area contributed by atoms with E-state index in [0.717, 1.165) is 41.9 Å². The molecule has 174 valence electrons. The lowest BCUT2D eigenvalue weighted by atomic mass is 10.1. The zero-order valence-electron chi connectivity index (χ0n) is 19.1. The number of halogens is 1. The maximum Gasteiger partial charge on any atom is 0.257 e. The van der Waals surface area contributed by atoms with Crippen molar-refractivity contribution in [2.45, 2.75) is 44.3 Å². The zero-order chi connectivity index (χ0) is 23.1. The number of aryl methyl sites for hydroxylation is 1. The number of rotatable bonds is 4. The van der Waals surface area contributed by atoms with Crippen LogP contribution in [0.25, 0.3) is 33.6 Å². The summed E-state index contributed by atoms with van der Waals surface area (Å²) in [5.41, 5.74) is 9.56. The molecule has 4 aromatic rings. The van der Waals surface area contributed by atoms with Gasteiger partial charge in [0.2, 0.25) is 0 Å². The van der Waals surface area contributed by atoms with Crippen molar-refractivity contribution < 1.29 is 9.18 Å². The molecule has 3 atom stereocenters. The SMILES string of the molecule is Cn1c(-c2cc3cccnc3n2CC2CC2)nc2cc(C(=O)N3C[C@H]4CC[C@@H]3[C@@H]4N)c(F)cc21. The second kappa shape index (κ2) is 7.12. The van der Waals surface area contributed by atoms with Gasteiger partial charge in [-0.2, -0.15) is 0 Å². The third-order valence-corrected chi connectivity index (χ3v) is 8.14. The van der Waals surface area contributed by atoms with E-state index in [4.69, 9.17) is 10.7 Å². The predicted molar refractivity (Wildman–Crippen MR) is 128 cm³/mol. The van der Waals surface area contributed by atoms with Crippen LogP contribution < -0.4 is 5.73 Å². The van der Waals surface area contributed by atoms with E-state index in [1.54, 1.807) is 11.0 Å². The minimum Gasteiger partial charge on any atom is -0.334 e. The predicted octanol–water partition coefficient (Wildman–Crippen LogP) is 3.70. The van der Waals surface area contributed by atoms with Gasteiger partial charge >= 0.3 is 0 Å². The summed E-state index contributed by atoms with van der Waals surface area (Å²) in [5, 5.41) is 1.06. The molecule has 2 aliphatic carbocycles. The van der Waals surface area contributed by atoms with Gasteiger partial charge in [0.25, 0.3) is 5.91 Å². The van der Waals surface area contributed by atoms with E-state index in [-0.39, 0.29) is 23.6 Å². The Morgan fingerprint density at radius 2 is 2.06 bits per heavy atom. The molecule has 3 aliphatic rings. The van der Waals surface area contributed by atoms with Gasteiger partial charge in [-0.3, -0.25) is 4.79 Å². The molecule has 3 aromatic heterocycles. The first kappa shape index (κ1) is 20.1. The summed E-state index contributed by atoms with van der Waals surface area (Å²) >= 11 is 0. The first-order valence-corrected chi connectivity index (χ1v) is 12.2. The summed E-state index contributed by atoms with van der Waals surface area (Å²) in [6, 6.07) is 9.17. The number of imidazole rings is 1. The van der Waals surface area contributed by atoms with E-state index in [1.165, 1.54) is 18.9 Å². The van der Waals surface area contributed by atoms with Crippen LogP contribution >= 0.6 is 0 Å². The van der Waals surface area contributed by atoms with Crippen LogP contribution in [0.2, 0.25) is 0 Å². The van der Waals surface area contributed by atoms with Gasteiger partial charge in [-0.25, -0.2) is 14.4 Å². The number of carbonyl (C=O) groups is 1. The summed E-state index contributed by atoms with van der Waals surface area (Å²) in [6.45, 7) is 1.51. The number of carbonyl (C=O) groups excluding carboxylic acids is 1. The number of benzene rings is 1.